The second-order valence-electron chi connectivity index (χ2n) is 5.14. The Hall–Kier alpha value is -2.24. The molecule has 0 bridgehead atoms. The lowest BCUT2D eigenvalue weighted by molar-refractivity contribution is -0.137. The summed E-state index contributed by atoms with van der Waals surface area (Å²) in [5.74, 6) is 0.821. The first kappa shape index (κ1) is 16.1. The third-order valence-electron chi connectivity index (χ3n) is 3.37. The molecule has 0 fully saturated rings. The zero-order valence-electron chi connectivity index (χ0n) is 12.4. The topological polar surface area (TPSA) is 42.2 Å². The maximum Gasteiger partial charge on any atom is 0.416 e. The normalized spacial score (nSPS) is 13.0. The highest BCUT2D eigenvalue weighted by Gasteiger charge is 2.30. The summed E-state index contributed by atoms with van der Waals surface area (Å²) in [6.45, 7) is 5.14. The van der Waals surface area contributed by atoms with Crippen molar-refractivity contribution >= 4 is 5.91 Å². The monoisotopic (exact) mass is 311 g/mol. The fourth-order valence-electron chi connectivity index (χ4n) is 2.17. The summed E-state index contributed by atoms with van der Waals surface area (Å²) in [7, 11) is 0. The van der Waals surface area contributed by atoms with Crippen molar-refractivity contribution in [3.8, 4) is 0 Å². The van der Waals surface area contributed by atoms with E-state index in [-0.39, 0.29) is 5.91 Å². The Bertz CT molecular complexity index is 672. The van der Waals surface area contributed by atoms with Gasteiger partial charge in [0, 0.05) is 0 Å². The molecule has 2 aromatic rings. The molecule has 0 saturated carbocycles. The summed E-state index contributed by atoms with van der Waals surface area (Å²) in [5, 5.41) is 2.74. The number of hydrogen-bond donors (Lipinski definition) is 1. The minimum Gasteiger partial charge on any atom is -0.466 e. The van der Waals surface area contributed by atoms with Crippen LogP contribution in [0.15, 0.2) is 34.7 Å². The number of benzene rings is 1. The first-order chi connectivity index (χ1) is 10.2. The summed E-state index contributed by atoms with van der Waals surface area (Å²) < 4.78 is 42.8. The number of aryl methyl sites for hydroxylation is 2. The molecule has 118 valence electrons. The summed E-state index contributed by atoms with van der Waals surface area (Å²) in [6, 6.07) is 5.95. The molecule has 1 aromatic heterocycles. The Balaban J connectivity index is 2.10. The molecule has 0 aliphatic heterocycles. The quantitative estimate of drug-likeness (QED) is 0.912. The van der Waals surface area contributed by atoms with Gasteiger partial charge in [0.2, 0.25) is 0 Å². The highest BCUT2D eigenvalue weighted by molar-refractivity contribution is 5.95. The fourth-order valence-corrected chi connectivity index (χ4v) is 2.17. The molecular weight excluding hydrogens is 295 g/mol. The second kappa shape index (κ2) is 5.87. The van der Waals surface area contributed by atoms with Gasteiger partial charge in [-0.3, -0.25) is 4.79 Å². The highest BCUT2D eigenvalue weighted by Crippen LogP contribution is 2.30. The maximum absolute atomic E-state index is 12.5. The number of halogens is 3. The zero-order valence-corrected chi connectivity index (χ0v) is 12.4. The smallest absolute Gasteiger partial charge is 0.416 e. The van der Waals surface area contributed by atoms with Crippen molar-refractivity contribution in [2.24, 2.45) is 0 Å². The van der Waals surface area contributed by atoms with E-state index in [1.54, 1.807) is 26.8 Å². The van der Waals surface area contributed by atoms with E-state index in [0.717, 1.165) is 12.1 Å². The fraction of sp³-hybridized carbons (Fsp3) is 0.312. The number of rotatable bonds is 3. The first-order valence-corrected chi connectivity index (χ1v) is 6.73. The number of carbonyl (C=O) groups is 1. The van der Waals surface area contributed by atoms with Gasteiger partial charge in [0.1, 0.15) is 11.5 Å². The van der Waals surface area contributed by atoms with E-state index in [1.165, 1.54) is 12.1 Å². The van der Waals surface area contributed by atoms with Gasteiger partial charge in [0.05, 0.1) is 17.2 Å². The lowest BCUT2D eigenvalue weighted by Crippen LogP contribution is -2.26. The second-order valence-corrected chi connectivity index (χ2v) is 5.14. The van der Waals surface area contributed by atoms with Crippen molar-refractivity contribution in [1.82, 2.24) is 5.32 Å². The van der Waals surface area contributed by atoms with Gasteiger partial charge in [0.25, 0.3) is 5.91 Å². The molecule has 0 aliphatic rings. The van der Waals surface area contributed by atoms with Crippen LogP contribution in [0.25, 0.3) is 0 Å². The third-order valence-corrected chi connectivity index (χ3v) is 3.37. The van der Waals surface area contributed by atoms with Crippen molar-refractivity contribution in [3.05, 3.63) is 58.5 Å². The predicted octanol–water partition coefficient (Wildman–Crippen LogP) is 4.41. The summed E-state index contributed by atoms with van der Waals surface area (Å²) >= 11 is 0. The van der Waals surface area contributed by atoms with E-state index in [2.05, 4.69) is 5.32 Å². The predicted molar refractivity (Wildman–Crippen MR) is 75.5 cm³/mol. The Labute approximate surface area is 126 Å². The summed E-state index contributed by atoms with van der Waals surface area (Å²) in [6.07, 6.45) is -4.36. The zero-order chi connectivity index (χ0) is 16.5. The first-order valence-electron chi connectivity index (χ1n) is 6.73. The van der Waals surface area contributed by atoms with Crippen molar-refractivity contribution in [2.75, 3.05) is 0 Å². The standard InChI is InChI=1S/C16H16F3NO2/c1-9-8-14(11(3)22-9)15(21)20-10(2)12-4-6-13(7-5-12)16(17,18)19/h4-8,10H,1-3H3,(H,20,21)/t10-/m0/s1. The lowest BCUT2D eigenvalue weighted by Gasteiger charge is -2.15. The number of amides is 1. The Morgan fingerprint density at radius 1 is 1.18 bits per heavy atom. The lowest BCUT2D eigenvalue weighted by atomic mass is 10.1. The maximum atomic E-state index is 12.5. The number of furan rings is 1. The minimum atomic E-state index is -4.36. The third kappa shape index (κ3) is 3.50. The van der Waals surface area contributed by atoms with E-state index >= 15 is 0 Å². The van der Waals surface area contributed by atoms with E-state index in [4.69, 9.17) is 4.42 Å². The Morgan fingerprint density at radius 2 is 1.77 bits per heavy atom. The molecule has 0 spiro atoms. The van der Waals surface area contributed by atoms with Crippen LogP contribution in [0.2, 0.25) is 0 Å². The molecule has 0 radical (unpaired) electrons. The van der Waals surface area contributed by atoms with E-state index in [0.29, 0.717) is 22.6 Å². The van der Waals surface area contributed by atoms with Gasteiger partial charge in [-0.2, -0.15) is 13.2 Å². The average Bonchev–Trinajstić information content (AvgIpc) is 2.77. The Morgan fingerprint density at radius 3 is 2.23 bits per heavy atom. The number of carbonyl (C=O) groups excluding carboxylic acids is 1. The molecule has 2 rings (SSSR count). The van der Waals surface area contributed by atoms with E-state index in [1.807, 2.05) is 0 Å². The largest absolute Gasteiger partial charge is 0.466 e. The molecular formula is C16H16F3NO2. The van der Waals surface area contributed by atoms with Crippen LogP contribution >= 0.6 is 0 Å². The number of nitrogens with one attached hydrogen (secondary N) is 1. The van der Waals surface area contributed by atoms with Crippen LogP contribution < -0.4 is 5.32 Å². The molecule has 6 heteroatoms. The number of hydrogen-bond acceptors (Lipinski definition) is 2. The molecule has 0 aliphatic carbocycles. The van der Waals surface area contributed by atoms with Gasteiger partial charge in [-0.05, 0) is 44.5 Å². The van der Waals surface area contributed by atoms with E-state index < -0.39 is 17.8 Å². The SMILES string of the molecule is Cc1cc(C(=O)N[C@@H](C)c2ccc(C(F)(F)F)cc2)c(C)o1. The molecule has 1 heterocycles. The Kier molecular flexibility index (Phi) is 4.30. The number of alkyl halides is 3. The average molecular weight is 311 g/mol. The molecule has 3 nitrogen and oxygen atoms in total. The molecule has 1 N–H and O–H groups in total. The highest BCUT2D eigenvalue weighted by atomic mass is 19.4. The van der Waals surface area contributed by atoms with Crippen molar-refractivity contribution in [3.63, 3.8) is 0 Å². The molecule has 0 unspecified atom stereocenters. The van der Waals surface area contributed by atoms with Crippen molar-refractivity contribution < 1.29 is 22.4 Å². The molecule has 1 aromatic carbocycles. The van der Waals surface area contributed by atoms with Gasteiger partial charge in [-0.15, -0.1) is 0 Å². The van der Waals surface area contributed by atoms with Crippen LogP contribution in [0.1, 0.15) is 46.0 Å². The molecule has 1 amide bonds. The van der Waals surface area contributed by atoms with E-state index in [9.17, 15) is 18.0 Å². The van der Waals surface area contributed by atoms with Crippen molar-refractivity contribution in [2.45, 2.75) is 33.0 Å². The van der Waals surface area contributed by atoms with Crippen LogP contribution in [0.5, 0.6) is 0 Å². The van der Waals surface area contributed by atoms with Gasteiger partial charge >= 0.3 is 6.18 Å². The van der Waals surface area contributed by atoms with Crippen LogP contribution in [0, 0.1) is 13.8 Å². The molecule has 22 heavy (non-hydrogen) atoms. The van der Waals surface area contributed by atoms with Crippen LogP contribution in [-0.4, -0.2) is 5.91 Å². The van der Waals surface area contributed by atoms with Crippen LogP contribution in [0.3, 0.4) is 0 Å². The summed E-state index contributed by atoms with van der Waals surface area (Å²) in [4.78, 5) is 12.1. The minimum absolute atomic E-state index is 0.318. The van der Waals surface area contributed by atoms with Gasteiger partial charge < -0.3 is 9.73 Å². The van der Waals surface area contributed by atoms with Crippen molar-refractivity contribution in [1.29, 1.82) is 0 Å². The van der Waals surface area contributed by atoms with Gasteiger partial charge in [-0.1, -0.05) is 12.1 Å². The molecule has 1 atom stereocenters. The van der Waals surface area contributed by atoms with Gasteiger partial charge in [-0.25, -0.2) is 0 Å². The van der Waals surface area contributed by atoms with Crippen LogP contribution in [0.4, 0.5) is 13.2 Å². The van der Waals surface area contributed by atoms with Crippen LogP contribution in [-0.2, 0) is 6.18 Å². The summed E-state index contributed by atoms with van der Waals surface area (Å²) in [5.41, 5.74) is 0.312. The molecule has 0 saturated heterocycles. The van der Waals surface area contributed by atoms with Gasteiger partial charge in [0.15, 0.2) is 0 Å².